The second kappa shape index (κ2) is 5.26. The fourth-order valence-corrected chi connectivity index (χ4v) is 2.35. The number of piperazine rings is 1. The van der Waals surface area contributed by atoms with Gasteiger partial charge < -0.3 is 9.80 Å². The quantitative estimate of drug-likeness (QED) is 0.821. The number of aryl methyl sites for hydroxylation is 1. The first-order valence-electron chi connectivity index (χ1n) is 6.66. The highest BCUT2D eigenvalue weighted by Crippen LogP contribution is 2.17. The summed E-state index contributed by atoms with van der Waals surface area (Å²) in [5.74, 6) is 0.846. The Kier molecular flexibility index (Phi) is 3.31. The lowest BCUT2D eigenvalue weighted by Gasteiger charge is -2.36. The highest BCUT2D eigenvalue weighted by molar-refractivity contribution is 5.48. The lowest BCUT2D eigenvalue weighted by molar-refractivity contribution is 0.639. The van der Waals surface area contributed by atoms with Crippen LogP contribution in [0.25, 0.3) is 0 Å². The molecule has 0 bridgehead atoms. The van der Waals surface area contributed by atoms with Gasteiger partial charge in [0.2, 0.25) is 5.95 Å². The minimum absolute atomic E-state index is 0.846. The summed E-state index contributed by atoms with van der Waals surface area (Å²) < 4.78 is 0. The Hall–Kier alpha value is -2.10. The average molecular weight is 254 g/mol. The molecule has 0 N–H and O–H groups in total. The lowest BCUT2D eigenvalue weighted by Crippen LogP contribution is -2.47. The van der Waals surface area contributed by atoms with Gasteiger partial charge in [-0.3, -0.25) is 0 Å². The molecule has 19 heavy (non-hydrogen) atoms. The maximum atomic E-state index is 4.40. The molecule has 0 aliphatic carbocycles. The first-order valence-corrected chi connectivity index (χ1v) is 6.66. The fourth-order valence-electron chi connectivity index (χ4n) is 2.35. The van der Waals surface area contributed by atoms with Crippen molar-refractivity contribution < 1.29 is 0 Å². The van der Waals surface area contributed by atoms with Crippen molar-refractivity contribution in [1.82, 2.24) is 9.97 Å². The molecule has 0 saturated carbocycles. The third kappa shape index (κ3) is 2.67. The van der Waals surface area contributed by atoms with Crippen molar-refractivity contribution in [2.24, 2.45) is 0 Å². The van der Waals surface area contributed by atoms with E-state index in [1.165, 1.54) is 5.69 Å². The number of hydrogen-bond donors (Lipinski definition) is 0. The summed E-state index contributed by atoms with van der Waals surface area (Å²) in [4.78, 5) is 13.4. The fraction of sp³-hybridized carbons (Fsp3) is 0.333. The van der Waals surface area contributed by atoms with E-state index >= 15 is 0 Å². The van der Waals surface area contributed by atoms with Gasteiger partial charge in [-0.25, -0.2) is 9.97 Å². The summed E-state index contributed by atoms with van der Waals surface area (Å²) in [6.45, 7) is 5.98. The summed E-state index contributed by atoms with van der Waals surface area (Å²) in [6, 6.07) is 10.6. The van der Waals surface area contributed by atoms with Crippen LogP contribution in [-0.2, 0) is 0 Å². The summed E-state index contributed by atoms with van der Waals surface area (Å²) in [6.07, 6.45) is 3.76. The highest BCUT2D eigenvalue weighted by Gasteiger charge is 2.18. The molecule has 1 aliphatic rings. The topological polar surface area (TPSA) is 32.3 Å². The smallest absolute Gasteiger partial charge is 0.225 e. The first kappa shape index (κ1) is 12.0. The largest absolute Gasteiger partial charge is 0.368 e. The van der Waals surface area contributed by atoms with Crippen LogP contribution in [-0.4, -0.2) is 36.1 Å². The standard InChI is InChI=1S/C15H18N4/c1-13-11-16-15(17-12-13)19-9-7-18(8-10-19)14-5-3-2-4-6-14/h2-6,11-12H,7-10H2,1H3. The van der Waals surface area contributed by atoms with Crippen LogP contribution in [0.4, 0.5) is 11.6 Å². The molecule has 2 heterocycles. The monoisotopic (exact) mass is 254 g/mol. The Morgan fingerprint density at radius 3 is 2.05 bits per heavy atom. The lowest BCUT2D eigenvalue weighted by atomic mass is 10.2. The number of benzene rings is 1. The van der Waals surface area contributed by atoms with Gasteiger partial charge in [0.05, 0.1) is 0 Å². The van der Waals surface area contributed by atoms with Crippen molar-refractivity contribution >= 4 is 11.6 Å². The SMILES string of the molecule is Cc1cnc(N2CCN(c3ccccc3)CC2)nc1. The molecule has 1 fully saturated rings. The molecule has 1 saturated heterocycles. The van der Waals surface area contributed by atoms with Crippen LogP contribution in [0.15, 0.2) is 42.7 Å². The van der Waals surface area contributed by atoms with Crippen molar-refractivity contribution in [2.45, 2.75) is 6.92 Å². The van der Waals surface area contributed by atoms with Crippen LogP contribution in [0, 0.1) is 6.92 Å². The van der Waals surface area contributed by atoms with E-state index < -0.39 is 0 Å². The van der Waals surface area contributed by atoms with Crippen molar-refractivity contribution in [3.05, 3.63) is 48.3 Å². The van der Waals surface area contributed by atoms with E-state index in [2.05, 4.69) is 50.1 Å². The number of hydrogen-bond acceptors (Lipinski definition) is 4. The molecule has 4 heteroatoms. The van der Waals surface area contributed by atoms with Gasteiger partial charge in [0.25, 0.3) is 0 Å². The molecule has 2 aromatic rings. The van der Waals surface area contributed by atoms with Gasteiger partial charge in [0.15, 0.2) is 0 Å². The van der Waals surface area contributed by atoms with Crippen LogP contribution >= 0.6 is 0 Å². The number of para-hydroxylation sites is 1. The minimum Gasteiger partial charge on any atom is -0.368 e. The van der Waals surface area contributed by atoms with Gasteiger partial charge in [0.1, 0.15) is 0 Å². The molecular weight excluding hydrogens is 236 g/mol. The number of nitrogens with zero attached hydrogens (tertiary/aromatic N) is 4. The Labute approximate surface area is 113 Å². The molecule has 0 amide bonds. The summed E-state index contributed by atoms with van der Waals surface area (Å²) in [5, 5.41) is 0. The van der Waals surface area contributed by atoms with Crippen LogP contribution in [0.1, 0.15) is 5.56 Å². The van der Waals surface area contributed by atoms with Crippen LogP contribution in [0.2, 0.25) is 0 Å². The molecule has 0 spiro atoms. The van der Waals surface area contributed by atoms with Crippen LogP contribution in [0.5, 0.6) is 0 Å². The van der Waals surface area contributed by atoms with E-state index in [4.69, 9.17) is 0 Å². The predicted octanol–water partition coefficient (Wildman–Crippen LogP) is 2.11. The third-order valence-electron chi connectivity index (χ3n) is 3.45. The molecule has 1 aliphatic heterocycles. The Morgan fingerprint density at radius 1 is 0.842 bits per heavy atom. The number of anilines is 2. The van der Waals surface area contributed by atoms with Gasteiger partial charge in [-0.1, -0.05) is 18.2 Å². The van der Waals surface area contributed by atoms with Crippen LogP contribution < -0.4 is 9.80 Å². The van der Waals surface area contributed by atoms with Crippen molar-refractivity contribution in [2.75, 3.05) is 36.0 Å². The molecule has 0 unspecified atom stereocenters. The molecular formula is C15H18N4. The Bertz CT molecular complexity index is 516. The molecule has 4 nitrogen and oxygen atoms in total. The molecule has 3 rings (SSSR count). The Morgan fingerprint density at radius 2 is 1.42 bits per heavy atom. The van der Waals surface area contributed by atoms with E-state index in [9.17, 15) is 0 Å². The number of aromatic nitrogens is 2. The maximum Gasteiger partial charge on any atom is 0.225 e. The zero-order valence-electron chi connectivity index (χ0n) is 11.2. The normalized spacial score (nSPS) is 15.6. The number of rotatable bonds is 2. The zero-order chi connectivity index (χ0) is 13.1. The van der Waals surface area contributed by atoms with Gasteiger partial charge >= 0.3 is 0 Å². The van der Waals surface area contributed by atoms with E-state index in [1.807, 2.05) is 19.3 Å². The van der Waals surface area contributed by atoms with E-state index in [0.717, 1.165) is 37.7 Å². The van der Waals surface area contributed by atoms with Crippen molar-refractivity contribution in [1.29, 1.82) is 0 Å². The van der Waals surface area contributed by atoms with Gasteiger partial charge in [0, 0.05) is 44.3 Å². The van der Waals surface area contributed by atoms with Crippen molar-refractivity contribution in [3.8, 4) is 0 Å². The van der Waals surface area contributed by atoms with E-state index in [0.29, 0.717) is 0 Å². The van der Waals surface area contributed by atoms with E-state index in [1.54, 1.807) is 0 Å². The summed E-state index contributed by atoms with van der Waals surface area (Å²) in [7, 11) is 0. The third-order valence-corrected chi connectivity index (χ3v) is 3.45. The molecule has 0 atom stereocenters. The second-order valence-corrected chi connectivity index (χ2v) is 4.87. The van der Waals surface area contributed by atoms with Crippen molar-refractivity contribution in [3.63, 3.8) is 0 Å². The zero-order valence-corrected chi connectivity index (χ0v) is 11.2. The average Bonchev–Trinajstić information content (AvgIpc) is 2.49. The maximum absolute atomic E-state index is 4.40. The van der Waals surface area contributed by atoms with E-state index in [-0.39, 0.29) is 0 Å². The molecule has 1 aromatic carbocycles. The first-order chi connectivity index (χ1) is 9.33. The summed E-state index contributed by atoms with van der Waals surface area (Å²) >= 11 is 0. The predicted molar refractivity (Wildman–Crippen MR) is 77.6 cm³/mol. The van der Waals surface area contributed by atoms with Gasteiger partial charge in [-0.05, 0) is 24.6 Å². The van der Waals surface area contributed by atoms with Gasteiger partial charge in [-0.2, -0.15) is 0 Å². The van der Waals surface area contributed by atoms with Gasteiger partial charge in [-0.15, -0.1) is 0 Å². The molecule has 98 valence electrons. The summed E-state index contributed by atoms with van der Waals surface area (Å²) in [5.41, 5.74) is 2.40. The van der Waals surface area contributed by atoms with Crippen LogP contribution in [0.3, 0.4) is 0 Å². The molecule has 1 aromatic heterocycles. The highest BCUT2D eigenvalue weighted by atomic mass is 15.3. The second-order valence-electron chi connectivity index (χ2n) is 4.87. The molecule has 0 radical (unpaired) electrons. The Balaban J connectivity index is 1.65. The minimum atomic E-state index is 0.846.